The van der Waals surface area contributed by atoms with Gasteiger partial charge in [0.2, 0.25) is 0 Å². The molecule has 2 aliphatic heterocycles. The van der Waals surface area contributed by atoms with Crippen LogP contribution in [-0.4, -0.2) is 23.5 Å². The Morgan fingerprint density at radius 3 is 3.00 bits per heavy atom. The van der Waals surface area contributed by atoms with Crippen LogP contribution in [0.15, 0.2) is 0 Å². The molecule has 0 radical (unpaired) electrons. The largest absolute Gasteiger partial charge is 0.298 e. The molecule has 2 atom stereocenters. The molecule has 2 saturated heterocycles. The van der Waals surface area contributed by atoms with Gasteiger partial charge in [0.15, 0.2) is 0 Å². The molecule has 0 amide bonds. The van der Waals surface area contributed by atoms with Crippen molar-refractivity contribution in [3.8, 4) is 0 Å². The average molecular weight is 153 g/mol. The fourth-order valence-electron chi connectivity index (χ4n) is 2.92. The summed E-state index contributed by atoms with van der Waals surface area (Å²) in [5, 5.41) is 0. The summed E-state index contributed by atoms with van der Waals surface area (Å²) in [6, 6.07) is 0. The molecule has 0 aromatic rings. The van der Waals surface area contributed by atoms with Gasteiger partial charge in [-0.25, -0.2) is 0 Å². The van der Waals surface area contributed by atoms with Crippen molar-refractivity contribution in [2.45, 2.75) is 45.1 Å². The van der Waals surface area contributed by atoms with Crippen LogP contribution in [0.1, 0.15) is 39.5 Å². The van der Waals surface area contributed by atoms with Crippen LogP contribution in [-0.2, 0) is 0 Å². The van der Waals surface area contributed by atoms with Gasteiger partial charge in [-0.1, -0.05) is 6.92 Å². The van der Waals surface area contributed by atoms with Crippen molar-refractivity contribution >= 4 is 0 Å². The molecule has 2 aliphatic rings. The molecule has 0 spiro atoms. The molecule has 0 aliphatic carbocycles. The van der Waals surface area contributed by atoms with Crippen molar-refractivity contribution in [1.29, 1.82) is 0 Å². The molecule has 2 unspecified atom stereocenters. The lowest BCUT2D eigenvalue weighted by Crippen LogP contribution is -2.46. The van der Waals surface area contributed by atoms with Crippen molar-refractivity contribution in [2.24, 2.45) is 5.92 Å². The van der Waals surface area contributed by atoms with Crippen molar-refractivity contribution < 1.29 is 0 Å². The Hall–Kier alpha value is -0.0400. The van der Waals surface area contributed by atoms with Crippen LogP contribution in [0.4, 0.5) is 0 Å². The van der Waals surface area contributed by atoms with Gasteiger partial charge in [0.25, 0.3) is 0 Å². The predicted octanol–water partition coefficient (Wildman–Crippen LogP) is 2.27. The van der Waals surface area contributed by atoms with E-state index in [0.717, 1.165) is 5.92 Å². The summed E-state index contributed by atoms with van der Waals surface area (Å²) in [6.07, 6.45) is 5.74. The molecule has 0 saturated carbocycles. The molecule has 0 N–H and O–H groups in total. The van der Waals surface area contributed by atoms with Crippen LogP contribution in [0, 0.1) is 5.92 Å². The van der Waals surface area contributed by atoms with Gasteiger partial charge in [-0.15, -0.1) is 0 Å². The van der Waals surface area contributed by atoms with Gasteiger partial charge in [0.1, 0.15) is 0 Å². The Morgan fingerprint density at radius 1 is 1.36 bits per heavy atom. The Labute approximate surface area is 69.8 Å². The van der Waals surface area contributed by atoms with E-state index in [2.05, 4.69) is 18.7 Å². The monoisotopic (exact) mass is 153 g/mol. The first-order chi connectivity index (χ1) is 5.21. The minimum Gasteiger partial charge on any atom is -0.298 e. The molecule has 0 aromatic heterocycles. The smallest absolute Gasteiger partial charge is 0.0184 e. The highest BCUT2D eigenvalue weighted by atomic mass is 15.2. The highest BCUT2D eigenvalue weighted by Gasteiger charge is 2.39. The summed E-state index contributed by atoms with van der Waals surface area (Å²) in [6.45, 7) is 7.58. The molecule has 0 bridgehead atoms. The Bertz CT molecular complexity index is 155. The summed E-state index contributed by atoms with van der Waals surface area (Å²) in [4.78, 5) is 2.70. The van der Waals surface area contributed by atoms with Crippen molar-refractivity contribution in [1.82, 2.24) is 4.90 Å². The normalized spacial score (nSPS) is 45.8. The number of hydrogen-bond acceptors (Lipinski definition) is 1. The van der Waals surface area contributed by atoms with Gasteiger partial charge >= 0.3 is 0 Å². The second-order valence-corrected chi connectivity index (χ2v) is 4.69. The van der Waals surface area contributed by atoms with E-state index in [-0.39, 0.29) is 0 Å². The zero-order chi connectivity index (χ0) is 7.90. The molecular formula is C10H19N. The van der Waals surface area contributed by atoms with Crippen LogP contribution in [0.25, 0.3) is 0 Å². The van der Waals surface area contributed by atoms with Gasteiger partial charge < -0.3 is 0 Å². The standard InChI is InChI=1S/C10H19N/c1-9-4-7-11-6-3-5-10(11,2)8-9/h9H,3-8H2,1-2H3. The quantitative estimate of drug-likeness (QED) is 0.516. The third-order valence-corrected chi connectivity index (χ3v) is 3.59. The fourth-order valence-corrected chi connectivity index (χ4v) is 2.92. The molecule has 11 heavy (non-hydrogen) atoms. The highest BCUT2D eigenvalue weighted by Crippen LogP contribution is 2.39. The summed E-state index contributed by atoms with van der Waals surface area (Å²) in [5.74, 6) is 0.967. The van der Waals surface area contributed by atoms with E-state index in [9.17, 15) is 0 Å². The van der Waals surface area contributed by atoms with Crippen LogP contribution < -0.4 is 0 Å². The minimum absolute atomic E-state index is 0.595. The van der Waals surface area contributed by atoms with Crippen LogP contribution in [0.3, 0.4) is 0 Å². The average Bonchev–Trinajstić information content (AvgIpc) is 2.28. The second kappa shape index (κ2) is 2.48. The van der Waals surface area contributed by atoms with E-state index in [4.69, 9.17) is 0 Å². The minimum atomic E-state index is 0.595. The number of fused-ring (bicyclic) bond motifs is 1. The Balaban J connectivity index is 2.10. The third-order valence-electron chi connectivity index (χ3n) is 3.59. The van der Waals surface area contributed by atoms with Gasteiger partial charge in [0.05, 0.1) is 0 Å². The van der Waals surface area contributed by atoms with Crippen molar-refractivity contribution in [3.63, 3.8) is 0 Å². The molecule has 2 heterocycles. The molecular weight excluding hydrogens is 134 g/mol. The first-order valence-corrected chi connectivity index (χ1v) is 4.96. The first kappa shape index (κ1) is 7.60. The molecule has 0 aromatic carbocycles. The van der Waals surface area contributed by atoms with Crippen LogP contribution in [0.5, 0.6) is 0 Å². The topological polar surface area (TPSA) is 3.24 Å². The highest BCUT2D eigenvalue weighted by molar-refractivity contribution is 4.95. The SMILES string of the molecule is CC1CCN2CCCC2(C)C1. The number of piperidine rings is 1. The Morgan fingerprint density at radius 2 is 2.18 bits per heavy atom. The summed E-state index contributed by atoms with van der Waals surface area (Å²) in [5.41, 5.74) is 0.595. The van der Waals surface area contributed by atoms with Gasteiger partial charge in [-0.2, -0.15) is 0 Å². The van der Waals surface area contributed by atoms with Crippen LogP contribution in [0.2, 0.25) is 0 Å². The predicted molar refractivity (Wildman–Crippen MR) is 47.6 cm³/mol. The van der Waals surface area contributed by atoms with E-state index in [0.29, 0.717) is 5.54 Å². The van der Waals surface area contributed by atoms with Gasteiger partial charge in [0, 0.05) is 5.54 Å². The summed E-state index contributed by atoms with van der Waals surface area (Å²) >= 11 is 0. The van der Waals surface area contributed by atoms with Gasteiger partial charge in [-0.05, 0) is 51.6 Å². The van der Waals surface area contributed by atoms with E-state index in [1.165, 1.54) is 38.8 Å². The zero-order valence-corrected chi connectivity index (χ0v) is 7.77. The molecule has 1 heteroatoms. The molecule has 2 fully saturated rings. The van der Waals surface area contributed by atoms with Crippen molar-refractivity contribution in [2.75, 3.05) is 13.1 Å². The molecule has 2 rings (SSSR count). The summed E-state index contributed by atoms with van der Waals surface area (Å²) in [7, 11) is 0. The molecule has 64 valence electrons. The lowest BCUT2D eigenvalue weighted by molar-refractivity contribution is 0.0781. The van der Waals surface area contributed by atoms with Crippen molar-refractivity contribution in [3.05, 3.63) is 0 Å². The lowest BCUT2D eigenvalue weighted by atomic mass is 9.82. The van der Waals surface area contributed by atoms with E-state index < -0.39 is 0 Å². The lowest BCUT2D eigenvalue weighted by Gasteiger charge is -2.42. The maximum Gasteiger partial charge on any atom is 0.0184 e. The number of hydrogen-bond donors (Lipinski definition) is 0. The summed E-state index contributed by atoms with van der Waals surface area (Å²) < 4.78 is 0. The zero-order valence-electron chi connectivity index (χ0n) is 7.77. The second-order valence-electron chi connectivity index (χ2n) is 4.69. The maximum absolute atomic E-state index is 2.70. The maximum atomic E-state index is 2.70. The van der Waals surface area contributed by atoms with E-state index >= 15 is 0 Å². The first-order valence-electron chi connectivity index (χ1n) is 4.96. The van der Waals surface area contributed by atoms with Gasteiger partial charge in [-0.3, -0.25) is 4.90 Å². The van der Waals surface area contributed by atoms with E-state index in [1.807, 2.05) is 0 Å². The molecule has 1 nitrogen and oxygen atoms in total. The number of nitrogens with zero attached hydrogens (tertiary/aromatic N) is 1. The fraction of sp³-hybridized carbons (Fsp3) is 1.00. The van der Waals surface area contributed by atoms with E-state index in [1.54, 1.807) is 0 Å². The van der Waals surface area contributed by atoms with Crippen LogP contribution >= 0.6 is 0 Å². The Kier molecular flexibility index (Phi) is 1.71. The number of rotatable bonds is 0. The third kappa shape index (κ3) is 1.20.